The Morgan fingerprint density at radius 3 is 2.41 bits per heavy atom. The second-order valence-corrected chi connectivity index (χ2v) is 7.77. The van der Waals surface area contributed by atoms with Crippen molar-refractivity contribution < 1.29 is 17.6 Å². The average Bonchev–Trinajstić information content (AvgIpc) is 3.14. The van der Waals surface area contributed by atoms with E-state index < -0.39 is 35.3 Å². The van der Waals surface area contributed by atoms with Crippen molar-refractivity contribution in [2.75, 3.05) is 0 Å². The summed E-state index contributed by atoms with van der Waals surface area (Å²) in [7, 11) is 0. The van der Waals surface area contributed by atoms with Crippen molar-refractivity contribution in [2.24, 2.45) is 0 Å². The fraction of sp³-hybridized carbons (Fsp3) is 0.304. The molecule has 0 radical (unpaired) electrons. The summed E-state index contributed by atoms with van der Waals surface area (Å²) < 4.78 is 55.3. The van der Waals surface area contributed by atoms with Crippen molar-refractivity contribution in [3.05, 3.63) is 99.2 Å². The average molecular weight is 446 g/mol. The lowest BCUT2D eigenvalue weighted by atomic mass is 9.79. The lowest BCUT2D eigenvalue weighted by Crippen LogP contribution is -2.46. The van der Waals surface area contributed by atoms with E-state index in [2.05, 4.69) is 15.6 Å². The molecule has 1 saturated heterocycles. The van der Waals surface area contributed by atoms with Crippen LogP contribution in [0.5, 0.6) is 0 Å². The largest absolute Gasteiger partial charge is 0.313 e. The van der Waals surface area contributed by atoms with Crippen molar-refractivity contribution in [3.8, 4) is 0 Å². The zero-order chi connectivity index (χ0) is 23.0. The van der Waals surface area contributed by atoms with Gasteiger partial charge in [-0.25, -0.2) is 17.6 Å². The molecular formula is C23H22F4N4O. The third-order valence-electron chi connectivity index (χ3n) is 5.94. The minimum absolute atomic E-state index is 0.300. The predicted octanol–water partition coefficient (Wildman–Crippen LogP) is 4.00. The van der Waals surface area contributed by atoms with Crippen LogP contribution in [0.1, 0.15) is 48.8 Å². The molecule has 2 aromatic heterocycles. The van der Waals surface area contributed by atoms with Gasteiger partial charge in [-0.1, -0.05) is 18.2 Å². The molecule has 5 nitrogen and oxygen atoms in total. The second kappa shape index (κ2) is 8.48. The van der Waals surface area contributed by atoms with E-state index in [1.807, 2.05) is 6.92 Å². The van der Waals surface area contributed by atoms with Crippen molar-refractivity contribution in [1.29, 1.82) is 0 Å². The first-order chi connectivity index (χ1) is 15.3. The standard InChI is InChI=1S/C23H22F4N4O/c1-3-31-12-14(10-18(25)22(31)32)21-29-13(2)23(30-21,15-4-7-17(24)8-5-15)16-6-9-19(20(26)27)28-11-16/h4-13,20-21,29-30H,3H2,1-2H3/t13-,21?,23?/m0/s1. The fourth-order valence-electron chi connectivity index (χ4n) is 4.28. The highest BCUT2D eigenvalue weighted by Gasteiger charge is 2.48. The molecule has 1 aliphatic heterocycles. The predicted molar refractivity (Wildman–Crippen MR) is 111 cm³/mol. The van der Waals surface area contributed by atoms with E-state index in [0.29, 0.717) is 23.2 Å². The van der Waals surface area contributed by atoms with Gasteiger partial charge in [0.1, 0.15) is 11.5 Å². The van der Waals surface area contributed by atoms with Crippen LogP contribution in [0.2, 0.25) is 0 Å². The third-order valence-corrected chi connectivity index (χ3v) is 5.94. The second-order valence-electron chi connectivity index (χ2n) is 7.77. The maximum Gasteiger partial charge on any atom is 0.286 e. The van der Waals surface area contributed by atoms with Gasteiger partial charge < -0.3 is 4.57 Å². The summed E-state index contributed by atoms with van der Waals surface area (Å²) in [5, 5.41) is 6.77. The molecule has 3 atom stereocenters. The minimum Gasteiger partial charge on any atom is -0.313 e. The molecule has 32 heavy (non-hydrogen) atoms. The van der Waals surface area contributed by atoms with Gasteiger partial charge in [-0.15, -0.1) is 0 Å². The highest BCUT2D eigenvalue weighted by Crippen LogP contribution is 2.40. The first kappa shape index (κ1) is 22.2. The smallest absolute Gasteiger partial charge is 0.286 e. The Morgan fingerprint density at radius 1 is 1.12 bits per heavy atom. The van der Waals surface area contributed by atoms with E-state index in [9.17, 15) is 22.4 Å². The zero-order valence-corrected chi connectivity index (χ0v) is 17.4. The molecule has 0 spiro atoms. The number of nitrogens with one attached hydrogen (secondary N) is 2. The van der Waals surface area contributed by atoms with Gasteiger partial charge in [0.2, 0.25) is 0 Å². The van der Waals surface area contributed by atoms with Gasteiger partial charge in [-0.3, -0.25) is 20.4 Å². The summed E-state index contributed by atoms with van der Waals surface area (Å²) in [6.45, 7) is 3.92. The van der Waals surface area contributed by atoms with Crippen LogP contribution in [-0.2, 0) is 12.1 Å². The molecule has 0 amide bonds. The number of benzene rings is 1. The van der Waals surface area contributed by atoms with Crippen molar-refractivity contribution in [2.45, 2.75) is 44.6 Å². The van der Waals surface area contributed by atoms with Crippen LogP contribution in [0.3, 0.4) is 0 Å². The van der Waals surface area contributed by atoms with E-state index in [4.69, 9.17) is 0 Å². The maximum atomic E-state index is 14.3. The van der Waals surface area contributed by atoms with Gasteiger partial charge in [0, 0.05) is 30.5 Å². The molecule has 2 unspecified atom stereocenters. The molecule has 1 aromatic carbocycles. The summed E-state index contributed by atoms with van der Waals surface area (Å²) in [6, 6.07) is 9.50. The van der Waals surface area contributed by atoms with Gasteiger partial charge in [0.25, 0.3) is 12.0 Å². The molecule has 3 aromatic rings. The van der Waals surface area contributed by atoms with E-state index in [0.717, 1.165) is 0 Å². The monoisotopic (exact) mass is 446 g/mol. The van der Waals surface area contributed by atoms with E-state index in [1.165, 1.54) is 35.0 Å². The van der Waals surface area contributed by atoms with Crippen molar-refractivity contribution in [3.63, 3.8) is 0 Å². The number of alkyl halides is 2. The summed E-state index contributed by atoms with van der Waals surface area (Å²) in [6.07, 6.45) is -0.338. The first-order valence-corrected chi connectivity index (χ1v) is 10.2. The van der Waals surface area contributed by atoms with Crippen molar-refractivity contribution in [1.82, 2.24) is 20.2 Å². The molecule has 168 valence electrons. The highest BCUT2D eigenvalue weighted by atomic mass is 19.3. The minimum atomic E-state index is -2.70. The number of aromatic nitrogens is 2. The lowest BCUT2D eigenvalue weighted by molar-refractivity contribution is 0.146. The molecule has 0 aliphatic carbocycles. The number of nitrogens with zero attached hydrogens (tertiary/aromatic N) is 2. The van der Waals surface area contributed by atoms with Crippen LogP contribution in [-0.4, -0.2) is 15.6 Å². The Kier molecular flexibility index (Phi) is 5.87. The first-order valence-electron chi connectivity index (χ1n) is 10.2. The fourth-order valence-corrected chi connectivity index (χ4v) is 4.28. The summed E-state index contributed by atoms with van der Waals surface area (Å²) in [5.41, 5.74) is -0.279. The zero-order valence-electron chi connectivity index (χ0n) is 17.4. The SMILES string of the molecule is CCn1cc(C2N[C@@H](C)C(c3ccc(F)cc3)(c3ccc(C(F)F)nc3)N2)cc(F)c1=O. The molecule has 1 aliphatic rings. The molecule has 1 fully saturated rings. The van der Waals surface area contributed by atoms with Gasteiger partial charge in [-0.05, 0) is 49.2 Å². The Morgan fingerprint density at radius 2 is 1.81 bits per heavy atom. The van der Waals surface area contributed by atoms with Gasteiger partial charge in [0.15, 0.2) is 5.82 Å². The van der Waals surface area contributed by atoms with Crippen LogP contribution in [0, 0.1) is 11.6 Å². The normalized spacial score (nSPS) is 23.1. The Bertz CT molecular complexity index is 1160. The molecule has 0 bridgehead atoms. The lowest BCUT2D eigenvalue weighted by Gasteiger charge is -2.34. The summed E-state index contributed by atoms with van der Waals surface area (Å²) in [5.74, 6) is -1.29. The Balaban J connectivity index is 1.83. The summed E-state index contributed by atoms with van der Waals surface area (Å²) >= 11 is 0. The molecule has 9 heteroatoms. The Hall–Kier alpha value is -3.04. The number of pyridine rings is 2. The molecular weight excluding hydrogens is 424 g/mol. The van der Waals surface area contributed by atoms with Gasteiger partial charge in [-0.2, -0.15) is 0 Å². The number of hydrogen-bond acceptors (Lipinski definition) is 4. The maximum absolute atomic E-state index is 14.3. The van der Waals surface area contributed by atoms with Crippen LogP contribution in [0.4, 0.5) is 17.6 Å². The molecule has 4 rings (SSSR count). The number of halogens is 4. The van der Waals surface area contributed by atoms with E-state index in [1.54, 1.807) is 31.3 Å². The van der Waals surface area contributed by atoms with Gasteiger partial charge in [0.05, 0.1) is 11.7 Å². The van der Waals surface area contributed by atoms with Gasteiger partial charge >= 0.3 is 0 Å². The molecule has 0 saturated carbocycles. The van der Waals surface area contributed by atoms with E-state index >= 15 is 0 Å². The molecule has 2 N–H and O–H groups in total. The Labute approximate surface area is 182 Å². The van der Waals surface area contributed by atoms with Crippen molar-refractivity contribution >= 4 is 0 Å². The van der Waals surface area contributed by atoms with Crippen LogP contribution < -0.4 is 16.2 Å². The molecule has 3 heterocycles. The van der Waals surface area contributed by atoms with E-state index in [-0.39, 0.29) is 11.7 Å². The quantitative estimate of drug-likeness (QED) is 0.582. The number of rotatable bonds is 5. The van der Waals surface area contributed by atoms with Crippen LogP contribution >= 0.6 is 0 Å². The highest BCUT2D eigenvalue weighted by molar-refractivity contribution is 5.43. The third kappa shape index (κ3) is 3.71. The topological polar surface area (TPSA) is 59.0 Å². The van der Waals surface area contributed by atoms with Crippen LogP contribution in [0.25, 0.3) is 0 Å². The number of aryl methyl sites for hydroxylation is 1. The number of hydrogen-bond donors (Lipinski definition) is 2. The summed E-state index contributed by atoms with van der Waals surface area (Å²) in [4.78, 5) is 15.9. The van der Waals surface area contributed by atoms with Crippen LogP contribution in [0.15, 0.2) is 59.7 Å².